The van der Waals surface area contributed by atoms with Crippen molar-refractivity contribution in [2.45, 2.75) is 44.2 Å². The van der Waals surface area contributed by atoms with Gasteiger partial charge in [0, 0.05) is 25.0 Å². The van der Waals surface area contributed by atoms with Gasteiger partial charge in [0.05, 0.1) is 32.0 Å². The first-order valence-corrected chi connectivity index (χ1v) is 10.4. The Morgan fingerprint density at radius 3 is 2.64 bits per heavy atom. The molecule has 1 aliphatic heterocycles. The number of ether oxygens (including phenoxy) is 2. The summed E-state index contributed by atoms with van der Waals surface area (Å²) in [4.78, 5) is 14.9. The zero-order valence-electron chi connectivity index (χ0n) is 17.3. The highest BCUT2D eigenvalue weighted by Crippen LogP contribution is 2.52. The first-order chi connectivity index (χ1) is 13.5. The lowest BCUT2D eigenvalue weighted by molar-refractivity contribution is -0.127. The second-order valence-corrected chi connectivity index (χ2v) is 8.23. The lowest BCUT2D eigenvalue weighted by Gasteiger charge is -2.44. The van der Waals surface area contributed by atoms with Crippen LogP contribution in [0.15, 0.2) is 24.3 Å². The van der Waals surface area contributed by atoms with Gasteiger partial charge < -0.3 is 24.8 Å². The molecular formula is C22H34N2O4. The van der Waals surface area contributed by atoms with Gasteiger partial charge in [0.15, 0.2) is 0 Å². The monoisotopic (exact) mass is 390 g/mol. The maximum Gasteiger partial charge on any atom is 0.223 e. The van der Waals surface area contributed by atoms with Gasteiger partial charge in [0.1, 0.15) is 0 Å². The molecule has 2 N–H and O–H groups in total. The Hall–Kier alpha value is -1.47. The number of benzene rings is 1. The summed E-state index contributed by atoms with van der Waals surface area (Å²) in [5.74, 6) is -0.0235. The molecule has 0 saturated carbocycles. The molecule has 2 atom stereocenters. The number of β-amino-alcohol motifs (C(OH)–C–C–N with tert-alkyl or cyclic N) is 1. The van der Waals surface area contributed by atoms with Crippen LogP contribution in [0, 0.1) is 5.92 Å². The Balaban J connectivity index is 1.92. The van der Waals surface area contributed by atoms with Crippen molar-refractivity contribution in [2.75, 3.05) is 46.6 Å². The molecule has 1 saturated heterocycles. The van der Waals surface area contributed by atoms with Crippen LogP contribution in [0.3, 0.4) is 0 Å². The van der Waals surface area contributed by atoms with Crippen LogP contribution in [-0.2, 0) is 19.7 Å². The molecule has 6 heteroatoms. The fraction of sp³-hybridized carbons (Fsp3) is 0.682. The molecule has 1 aliphatic carbocycles. The SMILES string of the molecule is COCCOC1C(NC(=O)C(C)C)c2ccccc2C12CCN(CCO)CC2. The summed E-state index contributed by atoms with van der Waals surface area (Å²) in [6.45, 7) is 7.61. The fourth-order valence-electron chi connectivity index (χ4n) is 4.72. The summed E-state index contributed by atoms with van der Waals surface area (Å²) >= 11 is 0. The van der Waals surface area contributed by atoms with E-state index in [0.717, 1.165) is 25.9 Å². The summed E-state index contributed by atoms with van der Waals surface area (Å²) in [5.41, 5.74) is 2.36. The maximum atomic E-state index is 12.6. The maximum absolute atomic E-state index is 12.6. The fourth-order valence-corrected chi connectivity index (χ4v) is 4.72. The van der Waals surface area contributed by atoms with Gasteiger partial charge >= 0.3 is 0 Å². The number of nitrogens with one attached hydrogen (secondary N) is 1. The number of fused-ring (bicyclic) bond motifs is 2. The van der Waals surface area contributed by atoms with Gasteiger partial charge in [-0.2, -0.15) is 0 Å². The van der Waals surface area contributed by atoms with Crippen LogP contribution in [0.1, 0.15) is 43.9 Å². The average Bonchev–Trinajstić information content (AvgIpc) is 2.94. The third-order valence-electron chi connectivity index (χ3n) is 6.25. The zero-order chi connectivity index (χ0) is 20.1. The lowest BCUT2D eigenvalue weighted by atomic mass is 9.72. The number of amides is 1. The summed E-state index contributed by atoms with van der Waals surface area (Å²) in [7, 11) is 1.67. The highest BCUT2D eigenvalue weighted by atomic mass is 16.5. The summed E-state index contributed by atoms with van der Waals surface area (Å²) < 4.78 is 11.6. The number of hydrogen-bond acceptors (Lipinski definition) is 5. The van der Waals surface area contributed by atoms with Gasteiger partial charge in [-0.3, -0.25) is 4.79 Å². The largest absolute Gasteiger partial charge is 0.395 e. The predicted molar refractivity (Wildman–Crippen MR) is 108 cm³/mol. The molecule has 6 nitrogen and oxygen atoms in total. The van der Waals surface area contributed by atoms with Gasteiger partial charge in [-0.05, 0) is 37.1 Å². The first kappa shape index (κ1) is 21.2. The Morgan fingerprint density at radius 2 is 2.00 bits per heavy atom. The van der Waals surface area contributed by atoms with E-state index in [0.29, 0.717) is 19.8 Å². The molecule has 2 unspecified atom stereocenters. The van der Waals surface area contributed by atoms with E-state index in [1.54, 1.807) is 7.11 Å². The number of hydrogen-bond donors (Lipinski definition) is 2. The number of carbonyl (C=O) groups is 1. The molecule has 3 rings (SSSR count). The summed E-state index contributed by atoms with van der Waals surface area (Å²) in [5, 5.41) is 12.6. The van der Waals surface area contributed by atoms with E-state index in [4.69, 9.17) is 9.47 Å². The van der Waals surface area contributed by atoms with E-state index in [2.05, 4.69) is 28.4 Å². The molecule has 28 heavy (non-hydrogen) atoms. The van der Waals surface area contributed by atoms with Crippen LogP contribution in [0.25, 0.3) is 0 Å². The second-order valence-electron chi connectivity index (χ2n) is 8.23. The van der Waals surface area contributed by atoms with Crippen molar-refractivity contribution < 1.29 is 19.4 Å². The normalized spacial score (nSPS) is 23.9. The van der Waals surface area contributed by atoms with Crippen molar-refractivity contribution in [1.29, 1.82) is 0 Å². The molecule has 1 fully saturated rings. The lowest BCUT2D eigenvalue weighted by Crippen LogP contribution is -2.51. The van der Waals surface area contributed by atoms with Crippen LogP contribution in [-0.4, -0.2) is 68.6 Å². The Bertz CT molecular complexity index is 656. The number of rotatable bonds is 8. The van der Waals surface area contributed by atoms with Crippen LogP contribution in [0.2, 0.25) is 0 Å². The number of aliphatic hydroxyl groups excluding tert-OH is 1. The molecule has 1 spiro atoms. The number of piperidine rings is 1. The minimum Gasteiger partial charge on any atom is -0.395 e. The third-order valence-corrected chi connectivity index (χ3v) is 6.25. The minimum atomic E-state index is -0.146. The number of likely N-dealkylation sites (tertiary alicyclic amines) is 1. The highest BCUT2D eigenvalue weighted by molar-refractivity contribution is 5.78. The molecule has 1 aromatic carbocycles. The van der Waals surface area contributed by atoms with Gasteiger partial charge in [-0.25, -0.2) is 0 Å². The number of aliphatic hydroxyl groups is 1. The van der Waals surface area contributed by atoms with Crippen molar-refractivity contribution in [1.82, 2.24) is 10.2 Å². The average molecular weight is 391 g/mol. The van der Waals surface area contributed by atoms with Gasteiger partial charge in [0.25, 0.3) is 0 Å². The number of nitrogens with zero attached hydrogens (tertiary/aromatic N) is 1. The molecule has 1 heterocycles. The molecule has 0 bridgehead atoms. The quantitative estimate of drug-likeness (QED) is 0.663. The van der Waals surface area contributed by atoms with Crippen LogP contribution in [0.5, 0.6) is 0 Å². The third kappa shape index (κ3) is 4.10. The topological polar surface area (TPSA) is 71.0 Å². The van der Waals surface area contributed by atoms with E-state index < -0.39 is 0 Å². The minimum absolute atomic E-state index is 0.0508. The van der Waals surface area contributed by atoms with Crippen LogP contribution in [0.4, 0.5) is 0 Å². The Labute approximate surface area is 168 Å². The molecule has 2 aliphatic rings. The standard InChI is InChI=1S/C22H34N2O4/c1-16(2)21(26)23-19-17-6-4-5-7-18(17)22(20(19)28-15-14-27-3)8-10-24(11-9-22)12-13-25/h4-7,16,19-20,25H,8-15H2,1-3H3,(H,23,26). The Kier molecular flexibility index (Phi) is 7.10. The van der Waals surface area contributed by atoms with Gasteiger partial charge in [-0.15, -0.1) is 0 Å². The first-order valence-electron chi connectivity index (χ1n) is 10.4. The summed E-state index contributed by atoms with van der Waals surface area (Å²) in [6, 6.07) is 8.30. The Morgan fingerprint density at radius 1 is 1.29 bits per heavy atom. The zero-order valence-corrected chi connectivity index (χ0v) is 17.3. The van der Waals surface area contributed by atoms with Crippen molar-refractivity contribution in [3.05, 3.63) is 35.4 Å². The smallest absolute Gasteiger partial charge is 0.223 e. The van der Waals surface area contributed by atoms with Gasteiger partial charge in [0.2, 0.25) is 5.91 Å². The second kappa shape index (κ2) is 9.35. The van der Waals surface area contributed by atoms with E-state index in [1.165, 1.54) is 11.1 Å². The van der Waals surface area contributed by atoms with Crippen LogP contribution >= 0.6 is 0 Å². The number of methoxy groups -OCH3 is 1. The van der Waals surface area contributed by atoms with E-state index in [1.807, 2.05) is 19.9 Å². The van der Waals surface area contributed by atoms with Crippen molar-refractivity contribution >= 4 is 5.91 Å². The van der Waals surface area contributed by atoms with Crippen molar-refractivity contribution in [3.8, 4) is 0 Å². The molecule has 0 radical (unpaired) electrons. The van der Waals surface area contributed by atoms with Crippen molar-refractivity contribution in [2.24, 2.45) is 5.92 Å². The molecular weight excluding hydrogens is 356 g/mol. The molecule has 156 valence electrons. The summed E-state index contributed by atoms with van der Waals surface area (Å²) in [6.07, 6.45) is 1.80. The van der Waals surface area contributed by atoms with Crippen LogP contribution < -0.4 is 5.32 Å². The van der Waals surface area contributed by atoms with E-state index in [-0.39, 0.29) is 36.0 Å². The highest BCUT2D eigenvalue weighted by Gasteiger charge is 2.54. The predicted octanol–water partition coefficient (Wildman–Crippen LogP) is 1.87. The number of carbonyl (C=O) groups excluding carboxylic acids is 1. The molecule has 1 amide bonds. The van der Waals surface area contributed by atoms with E-state index in [9.17, 15) is 9.90 Å². The molecule has 1 aromatic rings. The van der Waals surface area contributed by atoms with Crippen molar-refractivity contribution in [3.63, 3.8) is 0 Å². The van der Waals surface area contributed by atoms with Gasteiger partial charge in [-0.1, -0.05) is 38.1 Å². The molecule has 0 aromatic heterocycles. The van der Waals surface area contributed by atoms with E-state index >= 15 is 0 Å².